The summed E-state index contributed by atoms with van der Waals surface area (Å²) in [6.07, 6.45) is 6.09. The summed E-state index contributed by atoms with van der Waals surface area (Å²) in [7, 11) is 0. The predicted molar refractivity (Wildman–Crippen MR) is 84.6 cm³/mol. The second-order valence-electron chi connectivity index (χ2n) is 7.40. The highest BCUT2D eigenvalue weighted by Gasteiger charge is 2.27. The average molecular weight is 277 g/mol. The van der Waals surface area contributed by atoms with Gasteiger partial charge < -0.3 is 5.32 Å². The van der Waals surface area contributed by atoms with Gasteiger partial charge in [0.15, 0.2) is 0 Å². The molecule has 1 aromatic rings. The van der Waals surface area contributed by atoms with Crippen LogP contribution in [0.4, 0.5) is 10.1 Å². The van der Waals surface area contributed by atoms with E-state index in [0.717, 1.165) is 24.3 Å². The molecule has 112 valence electrons. The molecule has 0 aliphatic heterocycles. The highest BCUT2D eigenvalue weighted by atomic mass is 19.1. The second kappa shape index (κ2) is 6.15. The van der Waals surface area contributed by atoms with Gasteiger partial charge in [-0.2, -0.15) is 0 Å². The molecular weight excluding hydrogens is 249 g/mol. The largest absolute Gasteiger partial charge is 0.380 e. The maximum atomic E-state index is 13.8. The summed E-state index contributed by atoms with van der Waals surface area (Å²) >= 11 is 0. The molecule has 0 amide bonds. The van der Waals surface area contributed by atoms with Crippen molar-refractivity contribution in [1.29, 1.82) is 0 Å². The predicted octanol–water partition coefficient (Wildman–Crippen LogP) is 5.54. The highest BCUT2D eigenvalue weighted by molar-refractivity contribution is 5.47. The summed E-state index contributed by atoms with van der Waals surface area (Å²) in [5.74, 6) is 0.656. The SMILES string of the molecule is Cc1ccc(F)c(NC2CCCC(C(C)(C)C)CC2)c1. The molecule has 0 bridgehead atoms. The van der Waals surface area contributed by atoms with Gasteiger partial charge in [-0.05, 0) is 61.6 Å². The fraction of sp³-hybridized carbons (Fsp3) is 0.667. The minimum Gasteiger partial charge on any atom is -0.380 e. The number of nitrogens with one attached hydrogen (secondary N) is 1. The Kier molecular flexibility index (Phi) is 4.72. The maximum Gasteiger partial charge on any atom is 0.146 e. The number of halogens is 1. The quantitative estimate of drug-likeness (QED) is 0.700. The Bertz CT molecular complexity index is 447. The van der Waals surface area contributed by atoms with E-state index in [0.29, 0.717) is 17.1 Å². The molecule has 2 atom stereocenters. The Morgan fingerprint density at radius 2 is 1.85 bits per heavy atom. The normalized spacial score (nSPS) is 24.2. The zero-order valence-electron chi connectivity index (χ0n) is 13.3. The third-order valence-corrected chi connectivity index (χ3v) is 4.67. The Balaban J connectivity index is 1.99. The van der Waals surface area contributed by atoms with Gasteiger partial charge in [-0.3, -0.25) is 0 Å². The first-order valence-corrected chi connectivity index (χ1v) is 7.89. The van der Waals surface area contributed by atoms with Crippen LogP contribution in [0.15, 0.2) is 18.2 Å². The van der Waals surface area contributed by atoms with E-state index in [2.05, 4.69) is 26.1 Å². The molecular formula is C18H28FN. The Labute approximate surface area is 123 Å². The molecule has 20 heavy (non-hydrogen) atoms. The van der Waals surface area contributed by atoms with Gasteiger partial charge in [0, 0.05) is 6.04 Å². The van der Waals surface area contributed by atoms with Crippen molar-refractivity contribution in [3.8, 4) is 0 Å². The van der Waals surface area contributed by atoms with E-state index in [1.54, 1.807) is 6.07 Å². The van der Waals surface area contributed by atoms with Crippen LogP contribution in [0.5, 0.6) is 0 Å². The third kappa shape index (κ3) is 3.97. The zero-order valence-corrected chi connectivity index (χ0v) is 13.3. The second-order valence-corrected chi connectivity index (χ2v) is 7.40. The van der Waals surface area contributed by atoms with Crippen molar-refractivity contribution < 1.29 is 4.39 Å². The Hall–Kier alpha value is -1.05. The Morgan fingerprint density at radius 1 is 1.10 bits per heavy atom. The summed E-state index contributed by atoms with van der Waals surface area (Å²) < 4.78 is 13.8. The van der Waals surface area contributed by atoms with E-state index in [1.807, 2.05) is 19.1 Å². The highest BCUT2D eigenvalue weighted by Crippen LogP contribution is 2.37. The van der Waals surface area contributed by atoms with E-state index in [-0.39, 0.29) is 5.82 Å². The van der Waals surface area contributed by atoms with Gasteiger partial charge in [0.05, 0.1) is 5.69 Å². The number of benzene rings is 1. The molecule has 1 aromatic carbocycles. The zero-order chi connectivity index (χ0) is 14.8. The van der Waals surface area contributed by atoms with Gasteiger partial charge >= 0.3 is 0 Å². The van der Waals surface area contributed by atoms with Gasteiger partial charge in [0.2, 0.25) is 0 Å². The van der Waals surface area contributed by atoms with E-state index >= 15 is 0 Å². The van der Waals surface area contributed by atoms with Crippen LogP contribution < -0.4 is 5.32 Å². The molecule has 1 fully saturated rings. The number of hydrogen-bond acceptors (Lipinski definition) is 1. The molecule has 0 saturated heterocycles. The van der Waals surface area contributed by atoms with Crippen molar-refractivity contribution in [2.45, 2.75) is 65.8 Å². The van der Waals surface area contributed by atoms with Crippen LogP contribution in [0.3, 0.4) is 0 Å². The maximum absolute atomic E-state index is 13.8. The fourth-order valence-electron chi connectivity index (χ4n) is 3.28. The van der Waals surface area contributed by atoms with E-state index in [1.165, 1.54) is 19.3 Å². The van der Waals surface area contributed by atoms with Gasteiger partial charge in [0.25, 0.3) is 0 Å². The van der Waals surface area contributed by atoms with Crippen LogP contribution in [0, 0.1) is 24.1 Å². The third-order valence-electron chi connectivity index (χ3n) is 4.67. The first-order chi connectivity index (χ1) is 9.36. The lowest BCUT2D eigenvalue weighted by Gasteiger charge is -2.29. The lowest BCUT2D eigenvalue weighted by Crippen LogP contribution is -2.22. The summed E-state index contributed by atoms with van der Waals surface area (Å²) in [5.41, 5.74) is 2.17. The molecule has 2 rings (SSSR count). The van der Waals surface area contributed by atoms with E-state index < -0.39 is 0 Å². The summed E-state index contributed by atoms with van der Waals surface area (Å²) in [6.45, 7) is 9.02. The molecule has 1 saturated carbocycles. The van der Waals surface area contributed by atoms with Crippen molar-refractivity contribution in [2.24, 2.45) is 11.3 Å². The summed E-state index contributed by atoms with van der Waals surface area (Å²) in [5, 5.41) is 3.43. The molecule has 0 aromatic heterocycles. The van der Waals surface area contributed by atoms with Crippen molar-refractivity contribution in [3.05, 3.63) is 29.6 Å². The molecule has 1 aliphatic carbocycles. The van der Waals surface area contributed by atoms with Crippen molar-refractivity contribution in [3.63, 3.8) is 0 Å². The smallest absolute Gasteiger partial charge is 0.146 e. The van der Waals surface area contributed by atoms with Crippen molar-refractivity contribution in [1.82, 2.24) is 0 Å². The van der Waals surface area contributed by atoms with Crippen LogP contribution in [-0.4, -0.2) is 6.04 Å². The topological polar surface area (TPSA) is 12.0 Å². The van der Waals surface area contributed by atoms with Gasteiger partial charge in [-0.25, -0.2) is 4.39 Å². The van der Waals surface area contributed by atoms with Gasteiger partial charge in [0.1, 0.15) is 5.82 Å². The molecule has 0 radical (unpaired) electrons. The lowest BCUT2D eigenvalue weighted by molar-refractivity contribution is 0.214. The minimum absolute atomic E-state index is 0.132. The van der Waals surface area contributed by atoms with Crippen molar-refractivity contribution in [2.75, 3.05) is 5.32 Å². The van der Waals surface area contributed by atoms with Gasteiger partial charge in [-0.1, -0.05) is 33.3 Å². The van der Waals surface area contributed by atoms with Crippen molar-refractivity contribution >= 4 is 5.69 Å². The average Bonchev–Trinajstić information content (AvgIpc) is 2.59. The number of hydrogen-bond donors (Lipinski definition) is 1. The molecule has 0 spiro atoms. The fourth-order valence-corrected chi connectivity index (χ4v) is 3.28. The molecule has 1 nitrogen and oxygen atoms in total. The van der Waals surface area contributed by atoms with Crippen LogP contribution in [0.1, 0.15) is 58.4 Å². The summed E-state index contributed by atoms with van der Waals surface area (Å²) in [4.78, 5) is 0. The monoisotopic (exact) mass is 277 g/mol. The molecule has 2 heteroatoms. The number of rotatable bonds is 2. The minimum atomic E-state index is -0.132. The lowest BCUT2D eigenvalue weighted by atomic mass is 9.76. The van der Waals surface area contributed by atoms with Crippen LogP contribution in [-0.2, 0) is 0 Å². The number of aryl methyl sites for hydroxylation is 1. The van der Waals surface area contributed by atoms with Crippen LogP contribution in [0.2, 0.25) is 0 Å². The molecule has 1 N–H and O–H groups in total. The number of anilines is 1. The van der Waals surface area contributed by atoms with E-state index in [4.69, 9.17) is 0 Å². The first kappa shape index (κ1) is 15.3. The molecule has 2 unspecified atom stereocenters. The van der Waals surface area contributed by atoms with Crippen LogP contribution >= 0.6 is 0 Å². The standard InChI is InChI=1S/C18H28FN/c1-13-8-11-16(19)17(12-13)20-15-7-5-6-14(9-10-15)18(2,3)4/h8,11-12,14-15,20H,5-7,9-10H2,1-4H3. The Morgan fingerprint density at radius 3 is 2.55 bits per heavy atom. The summed E-state index contributed by atoms with van der Waals surface area (Å²) in [6, 6.07) is 5.72. The first-order valence-electron chi connectivity index (χ1n) is 7.89. The molecule has 0 heterocycles. The van der Waals surface area contributed by atoms with Crippen LogP contribution in [0.25, 0.3) is 0 Å². The molecule has 1 aliphatic rings. The van der Waals surface area contributed by atoms with E-state index in [9.17, 15) is 4.39 Å². The van der Waals surface area contributed by atoms with Gasteiger partial charge in [-0.15, -0.1) is 0 Å².